The average Bonchev–Trinajstić information content (AvgIpc) is 2.83. The van der Waals surface area contributed by atoms with Crippen molar-refractivity contribution in [2.45, 2.75) is 43.6 Å². The van der Waals surface area contributed by atoms with Crippen molar-refractivity contribution in [3.63, 3.8) is 0 Å². The normalized spacial score (nSPS) is 16.4. The number of carbonyl (C=O) groups is 1. The minimum atomic E-state index is -4.25. The number of halogens is 2. The molecular formula is C13H14ClFO4S. The second-order valence-corrected chi connectivity index (χ2v) is 7.39. The first-order valence-corrected chi connectivity index (χ1v) is 8.56. The van der Waals surface area contributed by atoms with Crippen LogP contribution in [0.1, 0.15) is 41.6 Å². The summed E-state index contributed by atoms with van der Waals surface area (Å²) in [4.78, 5) is 11.3. The molecule has 1 aromatic carbocycles. The minimum Gasteiger partial charge on any atom is -0.459 e. The second kappa shape index (κ2) is 5.69. The molecular weight excluding hydrogens is 307 g/mol. The van der Waals surface area contributed by atoms with Crippen molar-refractivity contribution < 1.29 is 22.3 Å². The van der Waals surface area contributed by atoms with Gasteiger partial charge in [-0.1, -0.05) is 0 Å². The molecule has 1 fully saturated rings. The highest BCUT2D eigenvalue weighted by molar-refractivity contribution is 8.13. The van der Waals surface area contributed by atoms with E-state index in [1.165, 1.54) is 13.0 Å². The highest BCUT2D eigenvalue weighted by Gasteiger charge is 2.24. The molecule has 0 unspecified atom stereocenters. The third-order valence-electron chi connectivity index (χ3n) is 3.30. The lowest BCUT2D eigenvalue weighted by Gasteiger charge is -2.12. The van der Waals surface area contributed by atoms with Crippen LogP contribution in [0.15, 0.2) is 17.0 Å². The molecule has 0 amide bonds. The van der Waals surface area contributed by atoms with E-state index in [9.17, 15) is 17.6 Å². The maximum absolute atomic E-state index is 13.7. The molecule has 0 aliphatic heterocycles. The van der Waals surface area contributed by atoms with Crippen LogP contribution >= 0.6 is 10.7 Å². The van der Waals surface area contributed by atoms with Crippen LogP contribution in [0.3, 0.4) is 0 Å². The molecule has 1 aromatic rings. The SMILES string of the molecule is Cc1cc(C(=O)OC2CCCC2)cc(S(=O)(=O)Cl)c1F. The second-order valence-electron chi connectivity index (χ2n) is 4.85. The molecule has 0 heterocycles. The van der Waals surface area contributed by atoms with Gasteiger partial charge in [0.25, 0.3) is 9.05 Å². The summed E-state index contributed by atoms with van der Waals surface area (Å²) in [6, 6.07) is 2.18. The third-order valence-corrected chi connectivity index (χ3v) is 4.62. The summed E-state index contributed by atoms with van der Waals surface area (Å²) >= 11 is 0. The Morgan fingerprint density at radius 2 is 1.95 bits per heavy atom. The van der Waals surface area contributed by atoms with Crippen molar-refractivity contribution in [2.24, 2.45) is 0 Å². The fraction of sp³-hybridized carbons (Fsp3) is 0.462. The largest absolute Gasteiger partial charge is 0.459 e. The number of rotatable bonds is 3. The summed E-state index contributed by atoms with van der Waals surface area (Å²) in [5.41, 5.74) is 0.0279. The van der Waals surface area contributed by atoms with E-state index in [-0.39, 0.29) is 17.2 Å². The van der Waals surface area contributed by atoms with E-state index in [0.717, 1.165) is 31.7 Å². The van der Waals surface area contributed by atoms with Gasteiger partial charge in [-0.3, -0.25) is 0 Å². The number of benzene rings is 1. The smallest absolute Gasteiger partial charge is 0.338 e. The van der Waals surface area contributed by atoms with E-state index in [0.29, 0.717) is 0 Å². The van der Waals surface area contributed by atoms with Crippen LogP contribution in [0.2, 0.25) is 0 Å². The van der Waals surface area contributed by atoms with E-state index < -0.39 is 25.7 Å². The predicted molar refractivity (Wildman–Crippen MR) is 71.8 cm³/mol. The first-order chi connectivity index (χ1) is 9.29. The Kier molecular flexibility index (Phi) is 4.34. The molecule has 0 bridgehead atoms. The van der Waals surface area contributed by atoms with E-state index in [1.807, 2.05) is 0 Å². The molecule has 1 aliphatic rings. The Balaban J connectivity index is 2.32. The van der Waals surface area contributed by atoms with E-state index in [1.54, 1.807) is 0 Å². The standard InChI is InChI=1S/C13H14ClFO4S/c1-8-6-9(7-11(12(8)15)20(14,17)18)13(16)19-10-4-2-3-5-10/h6-7,10H,2-5H2,1H3. The van der Waals surface area contributed by atoms with E-state index in [4.69, 9.17) is 15.4 Å². The van der Waals surface area contributed by atoms with Crippen molar-refractivity contribution in [3.8, 4) is 0 Å². The molecule has 110 valence electrons. The molecule has 1 aliphatic carbocycles. The summed E-state index contributed by atoms with van der Waals surface area (Å²) in [5.74, 6) is -1.60. The van der Waals surface area contributed by atoms with Crippen LogP contribution in [-0.2, 0) is 13.8 Å². The Morgan fingerprint density at radius 3 is 2.50 bits per heavy atom. The lowest BCUT2D eigenvalue weighted by atomic mass is 10.1. The summed E-state index contributed by atoms with van der Waals surface area (Å²) in [5, 5.41) is 0. The Hall–Kier alpha value is -1.14. The molecule has 1 saturated carbocycles. The van der Waals surface area contributed by atoms with Crippen molar-refractivity contribution >= 4 is 25.7 Å². The Labute approximate surface area is 121 Å². The lowest BCUT2D eigenvalue weighted by molar-refractivity contribution is 0.0317. The first kappa shape index (κ1) is 15.3. The molecule has 4 nitrogen and oxygen atoms in total. The van der Waals surface area contributed by atoms with Gasteiger partial charge in [-0.15, -0.1) is 0 Å². The van der Waals surface area contributed by atoms with Crippen molar-refractivity contribution in [1.29, 1.82) is 0 Å². The molecule has 0 aromatic heterocycles. The highest BCUT2D eigenvalue weighted by atomic mass is 35.7. The van der Waals surface area contributed by atoms with Crippen molar-refractivity contribution in [1.82, 2.24) is 0 Å². The minimum absolute atomic E-state index is 0.00461. The molecule has 0 atom stereocenters. The van der Waals surface area contributed by atoms with Crippen LogP contribution in [0.4, 0.5) is 4.39 Å². The van der Waals surface area contributed by atoms with Crippen LogP contribution in [0.25, 0.3) is 0 Å². The Bertz CT molecular complexity index is 636. The summed E-state index contributed by atoms with van der Waals surface area (Å²) in [7, 11) is 0.913. The van der Waals surface area contributed by atoms with Gasteiger partial charge in [0.05, 0.1) is 5.56 Å². The van der Waals surface area contributed by atoms with Crippen molar-refractivity contribution in [2.75, 3.05) is 0 Å². The van der Waals surface area contributed by atoms with Gasteiger partial charge in [0.15, 0.2) is 0 Å². The monoisotopic (exact) mass is 320 g/mol. The maximum atomic E-state index is 13.7. The van der Waals surface area contributed by atoms with Gasteiger partial charge < -0.3 is 4.74 Å². The van der Waals surface area contributed by atoms with Crippen LogP contribution in [-0.4, -0.2) is 20.5 Å². The van der Waals surface area contributed by atoms with Gasteiger partial charge in [-0.2, -0.15) is 0 Å². The summed E-state index contributed by atoms with van der Waals surface area (Å²) in [6.07, 6.45) is 3.45. The first-order valence-electron chi connectivity index (χ1n) is 6.25. The summed E-state index contributed by atoms with van der Waals surface area (Å²) < 4.78 is 41.6. The number of ether oxygens (including phenoxy) is 1. The molecule has 7 heteroatoms. The Morgan fingerprint density at radius 1 is 1.35 bits per heavy atom. The molecule has 20 heavy (non-hydrogen) atoms. The predicted octanol–water partition coefficient (Wildman–Crippen LogP) is 3.16. The van der Waals surface area contributed by atoms with Gasteiger partial charge >= 0.3 is 5.97 Å². The lowest BCUT2D eigenvalue weighted by Crippen LogP contribution is -2.15. The molecule has 0 radical (unpaired) electrons. The molecule has 0 N–H and O–H groups in total. The van der Waals surface area contributed by atoms with Gasteiger partial charge in [-0.05, 0) is 50.3 Å². The van der Waals surface area contributed by atoms with Crippen LogP contribution in [0, 0.1) is 12.7 Å². The quantitative estimate of drug-likeness (QED) is 0.634. The molecule has 0 saturated heterocycles. The van der Waals surface area contributed by atoms with Gasteiger partial charge in [0.2, 0.25) is 0 Å². The number of aryl methyl sites for hydroxylation is 1. The molecule has 2 rings (SSSR count). The fourth-order valence-electron chi connectivity index (χ4n) is 2.26. The number of esters is 1. The number of hydrogen-bond donors (Lipinski definition) is 0. The van der Waals surface area contributed by atoms with Gasteiger partial charge in [0, 0.05) is 10.7 Å². The highest BCUT2D eigenvalue weighted by Crippen LogP contribution is 2.26. The average molecular weight is 321 g/mol. The fourth-order valence-corrected chi connectivity index (χ4v) is 3.24. The zero-order valence-electron chi connectivity index (χ0n) is 10.9. The summed E-state index contributed by atoms with van der Waals surface area (Å²) in [6.45, 7) is 1.37. The van der Waals surface area contributed by atoms with Gasteiger partial charge in [0.1, 0.15) is 16.8 Å². The van der Waals surface area contributed by atoms with E-state index >= 15 is 0 Å². The number of carbonyl (C=O) groups excluding carboxylic acids is 1. The van der Waals surface area contributed by atoms with Crippen LogP contribution < -0.4 is 0 Å². The van der Waals surface area contributed by atoms with Crippen LogP contribution in [0.5, 0.6) is 0 Å². The topological polar surface area (TPSA) is 60.4 Å². The van der Waals surface area contributed by atoms with Crippen molar-refractivity contribution in [3.05, 3.63) is 29.1 Å². The molecule has 0 spiro atoms. The number of hydrogen-bond acceptors (Lipinski definition) is 4. The maximum Gasteiger partial charge on any atom is 0.338 e. The zero-order valence-corrected chi connectivity index (χ0v) is 12.4. The van der Waals surface area contributed by atoms with E-state index in [2.05, 4.69) is 0 Å². The third kappa shape index (κ3) is 3.30. The zero-order chi connectivity index (χ0) is 14.9. The van der Waals surface area contributed by atoms with Gasteiger partial charge in [-0.25, -0.2) is 17.6 Å².